The maximum Gasteiger partial charge on any atom is 0.0871 e. The van der Waals surface area contributed by atoms with Crippen LogP contribution in [0.5, 0.6) is 0 Å². The van der Waals surface area contributed by atoms with E-state index in [0.717, 1.165) is 11.4 Å². The molecule has 0 spiro atoms. The van der Waals surface area contributed by atoms with Crippen LogP contribution in [0.4, 0.5) is 0 Å². The Labute approximate surface area is 116 Å². The molecular formula is C16H21NS. The quantitative estimate of drug-likeness (QED) is 0.677. The molecule has 2 heteroatoms. The highest BCUT2D eigenvalue weighted by Crippen LogP contribution is 2.32. The van der Waals surface area contributed by atoms with Crippen LogP contribution in [0.1, 0.15) is 34.1 Å². The lowest BCUT2D eigenvalue weighted by atomic mass is 9.99. The highest BCUT2D eigenvalue weighted by atomic mass is 32.1. The summed E-state index contributed by atoms with van der Waals surface area (Å²) in [6, 6.07) is 0.427. The van der Waals surface area contributed by atoms with Gasteiger partial charge in [-0.05, 0) is 37.0 Å². The first kappa shape index (κ1) is 13.3. The van der Waals surface area contributed by atoms with Crippen molar-refractivity contribution in [1.29, 1.82) is 0 Å². The first-order chi connectivity index (χ1) is 8.50. The Kier molecular flexibility index (Phi) is 3.86. The maximum atomic E-state index is 5.50. The highest BCUT2D eigenvalue weighted by Gasteiger charge is 2.28. The van der Waals surface area contributed by atoms with Crippen LogP contribution in [0, 0.1) is 5.92 Å². The molecule has 0 aromatic rings. The van der Waals surface area contributed by atoms with E-state index >= 15 is 0 Å². The molecule has 96 valence electrons. The number of thiocarbonyl (C=S) groups is 1. The molecule has 1 saturated heterocycles. The molecule has 0 aromatic carbocycles. The van der Waals surface area contributed by atoms with E-state index in [9.17, 15) is 0 Å². The van der Waals surface area contributed by atoms with Gasteiger partial charge in [-0.15, -0.1) is 0 Å². The van der Waals surface area contributed by atoms with Gasteiger partial charge in [-0.2, -0.15) is 0 Å². The van der Waals surface area contributed by atoms with Crippen LogP contribution in [0.15, 0.2) is 47.2 Å². The first-order valence-electron chi connectivity index (χ1n) is 6.62. The molecule has 0 saturated carbocycles. The summed E-state index contributed by atoms with van der Waals surface area (Å²) in [6.07, 6.45) is 11.9. The molecule has 1 aliphatic carbocycles. The molecule has 0 atom stereocenters. The minimum Gasteiger partial charge on any atom is -0.333 e. The Morgan fingerprint density at radius 2 is 1.83 bits per heavy atom. The van der Waals surface area contributed by atoms with Gasteiger partial charge in [0.2, 0.25) is 0 Å². The number of allylic oxidation sites excluding steroid dienone is 7. The average Bonchev–Trinajstić information content (AvgIpc) is 2.54. The molecule has 0 aromatic heterocycles. The van der Waals surface area contributed by atoms with E-state index in [1.54, 1.807) is 0 Å². The summed E-state index contributed by atoms with van der Waals surface area (Å²) in [5.74, 6) is 0.558. The third kappa shape index (κ3) is 2.49. The van der Waals surface area contributed by atoms with Crippen molar-refractivity contribution in [2.24, 2.45) is 5.92 Å². The molecule has 0 unspecified atom stereocenters. The van der Waals surface area contributed by atoms with Crippen LogP contribution in [0.25, 0.3) is 0 Å². The fraction of sp³-hybridized carbons (Fsp3) is 0.438. The van der Waals surface area contributed by atoms with Crippen LogP contribution in [0.3, 0.4) is 0 Å². The van der Waals surface area contributed by atoms with Crippen LogP contribution in [-0.4, -0.2) is 15.9 Å². The van der Waals surface area contributed by atoms with Crippen molar-refractivity contribution < 1.29 is 0 Å². The smallest absolute Gasteiger partial charge is 0.0871 e. The van der Waals surface area contributed by atoms with E-state index in [4.69, 9.17) is 12.2 Å². The number of nitrogens with zero attached hydrogens (tertiary/aromatic N) is 1. The van der Waals surface area contributed by atoms with E-state index in [0.29, 0.717) is 12.0 Å². The standard InChI is InChI=1S/C16H21NS/c1-11(2)13-6-5-7-15-14(9-8-13)10-16(18)17(15)12(3)4/h5-9,11-12H,10H2,1-4H3/b6-5?,7-5?,9-8?,13-6?,13-8?,14-9-,15-7+. The molecule has 1 fully saturated rings. The topological polar surface area (TPSA) is 3.24 Å². The number of rotatable bonds is 2. The zero-order valence-electron chi connectivity index (χ0n) is 11.6. The molecule has 0 radical (unpaired) electrons. The van der Waals surface area contributed by atoms with Gasteiger partial charge in [-0.3, -0.25) is 0 Å². The largest absolute Gasteiger partial charge is 0.333 e. The third-order valence-electron chi connectivity index (χ3n) is 3.40. The van der Waals surface area contributed by atoms with Gasteiger partial charge in [0.05, 0.1) is 4.99 Å². The molecular weight excluding hydrogens is 238 g/mol. The lowest BCUT2D eigenvalue weighted by Gasteiger charge is -2.24. The van der Waals surface area contributed by atoms with Crippen LogP contribution in [-0.2, 0) is 0 Å². The van der Waals surface area contributed by atoms with Crippen LogP contribution >= 0.6 is 12.2 Å². The van der Waals surface area contributed by atoms with Crippen molar-refractivity contribution in [2.45, 2.75) is 40.2 Å². The predicted octanol–water partition coefficient (Wildman–Crippen LogP) is 4.39. The van der Waals surface area contributed by atoms with Crippen molar-refractivity contribution in [1.82, 2.24) is 4.90 Å². The molecule has 0 amide bonds. The van der Waals surface area contributed by atoms with E-state index in [-0.39, 0.29) is 0 Å². The number of hydrogen-bond donors (Lipinski definition) is 0. The summed E-state index contributed by atoms with van der Waals surface area (Å²) >= 11 is 5.50. The molecule has 2 rings (SSSR count). The second-order valence-electron chi connectivity index (χ2n) is 5.46. The van der Waals surface area contributed by atoms with Gasteiger partial charge in [-0.1, -0.05) is 50.4 Å². The van der Waals surface area contributed by atoms with Crippen molar-refractivity contribution in [3.05, 3.63) is 47.2 Å². The van der Waals surface area contributed by atoms with Gasteiger partial charge in [0, 0.05) is 18.2 Å². The Balaban J connectivity index is 2.38. The van der Waals surface area contributed by atoms with Gasteiger partial charge in [0.25, 0.3) is 0 Å². The second kappa shape index (κ2) is 5.23. The van der Waals surface area contributed by atoms with Crippen molar-refractivity contribution >= 4 is 17.2 Å². The summed E-state index contributed by atoms with van der Waals surface area (Å²) in [5.41, 5.74) is 3.98. The average molecular weight is 259 g/mol. The molecule has 1 nitrogen and oxygen atoms in total. The molecule has 1 aliphatic heterocycles. The lowest BCUT2D eigenvalue weighted by molar-refractivity contribution is 0.451. The third-order valence-corrected chi connectivity index (χ3v) is 3.74. The molecule has 18 heavy (non-hydrogen) atoms. The number of likely N-dealkylation sites (tertiary alicyclic amines) is 1. The highest BCUT2D eigenvalue weighted by molar-refractivity contribution is 7.80. The zero-order chi connectivity index (χ0) is 13.3. The van der Waals surface area contributed by atoms with Crippen LogP contribution in [0.2, 0.25) is 0 Å². The normalized spacial score (nSPS) is 25.3. The summed E-state index contributed by atoms with van der Waals surface area (Å²) in [7, 11) is 0. The van der Waals surface area contributed by atoms with Crippen molar-refractivity contribution in [3.8, 4) is 0 Å². The lowest BCUT2D eigenvalue weighted by Crippen LogP contribution is -2.29. The molecule has 0 bridgehead atoms. The summed E-state index contributed by atoms with van der Waals surface area (Å²) < 4.78 is 0. The fourth-order valence-corrected chi connectivity index (χ4v) is 2.88. The van der Waals surface area contributed by atoms with Gasteiger partial charge in [0.1, 0.15) is 0 Å². The maximum absolute atomic E-state index is 5.50. The number of hydrogen-bond acceptors (Lipinski definition) is 1. The molecule has 2 aliphatic rings. The Morgan fingerprint density at radius 1 is 1.11 bits per heavy atom. The van der Waals surface area contributed by atoms with E-state index in [2.05, 4.69) is 63.0 Å². The van der Waals surface area contributed by atoms with Crippen molar-refractivity contribution in [2.75, 3.05) is 0 Å². The van der Waals surface area contributed by atoms with Crippen LogP contribution < -0.4 is 0 Å². The summed E-state index contributed by atoms with van der Waals surface area (Å²) in [4.78, 5) is 3.30. The van der Waals surface area contributed by atoms with Gasteiger partial charge in [0.15, 0.2) is 0 Å². The van der Waals surface area contributed by atoms with E-state index < -0.39 is 0 Å². The fourth-order valence-electron chi connectivity index (χ4n) is 2.41. The van der Waals surface area contributed by atoms with Gasteiger partial charge < -0.3 is 4.90 Å². The second-order valence-corrected chi connectivity index (χ2v) is 5.93. The monoisotopic (exact) mass is 259 g/mol. The molecule has 0 N–H and O–H groups in total. The van der Waals surface area contributed by atoms with E-state index in [1.807, 2.05) is 0 Å². The minimum atomic E-state index is 0.427. The Morgan fingerprint density at radius 3 is 2.44 bits per heavy atom. The van der Waals surface area contributed by atoms with Gasteiger partial charge in [-0.25, -0.2) is 0 Å². The SMILES string of the molecule is CC(C)C1=C/C=C2/CC(=S)N(C(C)C)/C2=C/C=C1. The Bertz CT molecular complexity index is 475. The van der Waals surface area contributed by atoms with Crippen molar-refractivity contribution in [3.63, 3.8) is 0 Å². The number of fused-ring (bicyclic) bond motifs is 1. The Hall–Kier alpha value is -1.15. The summed E-state index contributed by atoms with van der Waals surface area (Å²) in [6.45, 7) is 8.82. The summed E-state index contributed by atoms with van der Waals surface area (Å²) in [5, 5.41) is 0. The van der Waals surface area contributed by atoms with Gasteiger partial charge >= 0.3 is 0 Å². The van der Waals surface area contributed by atoms with E-state index in [1.165, 1.54) is 16.8 Å². The predicted molar refractivity (Wildman–Crippen MR) is 82.4 cm³/mol. The molecule has 1 heterocycles. The first-order valence-corrected chi connectivity index (χ1v) is 7.03. The minimum absolute atomic E-state index is 0.427. The zero-order valence-corrected chi connectivity index (χ0v) is 12.4.